The smallest absolute Gasteiger partial charge is 0.355 e. The lowest BCUT2D eigenvalue weighted by Gasteiger charge is -2.34. The molecule has 0 unspecified atom stereocenters. The molecule has 1 fully saturated rings. The third-order valence-corrected chi connectivity index (χ3v) is 3.83. The van der Waals surface area contributed by atoms with Crippen LogP contribution in [0.5, 0.6) is 0 Å². The van der Waals surface area contributed by atoms with E-state index in [1.807, 2.05) is 0 Å². The molecular weight excluding hydrogens is 256 g/mol. The van der Waals surface area contributed by atoms with E-state index in [2.05, 4.69) is 4.98 Å². The van der Waals surface area contributed by atoms with Crippen molar-refractivity contribution in [2.75, 3.05) is 13.6 Å². The Labute approximate surface area is 108 Å². The second-order valence-electron chi connectivity index (χ2n) is 4.52. The van der Waals surface area contributed by atoms with E-state index in [0.29, 0.717) is 12.5 Å². The zero-order valence-corrected chi connectivity index (χ0v) is 10.7. The topological polar surface area (TPSA) is 90.7 Å². The van der Waals surface area contributed by atoms with Crippen molar-refractivity contribution < 1.29 is 19.8 Å². The number of carboxylic acid groups (broad SMARTS) is 1. The number of nitrogens with zero attached hydrogens (tertiary/aromatic N) is 2. The molecule has 0 aliphatic heterocycles. The van der Waals surface area contributed by atoms with E-state index < -0.39 is 5.97 Å². The van der Waals surface area contributed by atoms with Crippen LogP contribution in [0.4, 0.5) is 0 Å². The van der Waals surface area contributed by atoms with E-state index in [1.165, 1.54) is 10.3 Å². The Kier molecular flexibility index (Phi) is 3.63. The molecular formula is C11H14N2O4S. The van der Waals surface area contributed by atoms with Crippen molar-refractivity contribution in [3.05, 3.63) is 16.1 Å². The van der Waals surface area contributed by atoms with Crippen molar-refractivity contribution in [1.82, 2.24) is 9.88 Å². The minimum atomic E-state index is -1.13. The van der Waals surface area contributed by atoms with Crippen LogP contribution in [0, 0.1) is 5.92 Å². The van der Waals surface area contributed by atoms with Gasteiger partial charge in [-0.25, -0.2) is 9.78 Å². The summed E-state index contributed by atoms with van der Waals surface area (Å²) in [5, 5.41) is 19.5. The number of hydrogen-bond donors (Lipinski definition) is 2. The average Bonchev–Trinajstić information content (AvgIpc) is 2.75. The number of carbonyl (C=O) groups is 2. The predicted molar refractivity (Wildman–Crippen MR) is 64.8 cm³/mol. The number of rotatable bonds is 4. The summed E-state index contributed by atoms with van der Waals surface area (Å²) < 4.78 is 0. The van der Waals surface area contributed by atoms with Gasteiger partial charge >= 0.3 is 5.97 Å². The van der Waals surface area contributed by atoms with Crippen LogP contribution in [0.15, 0.2) is 5.38 Å². The molecule has 0 atom stereocenters. The molecule has 1 aromatic rings. The summed E-state index contributed by atoms with van der Waals surface area (Å²) in [5.41, 5.74) is -0.101. The van der Waals surface area contributed by atoms with Crippen molar-refractivity contribution in [1.29, 1.82) is 0 Å². The van der Waals surface area contributed by atoms with Gasteiger partial charge in [0.05, 0.1) is 6.10 Å². The second kappa shape index (κ2) is 5.03. The summed E-state index contributed by atoms with van der Waals surface area (Å²) in [7, 11) is 1.66. The molecule has 6 nitrogen and oxygen atoms in total. The first-order valence-electron chi connectivity index (χ1n) is 5.59. The highest BCUT2D eigenvalue weighted by atomic mass is 32.1. The Morgan fingerprint density at radius 3 is 2.72 bits per heavy atom. The molecule has 1 heterocycles. The van der Waals surface area contributed by atoms with Crippen molar-refractivity contribution in [3.63, 3.8) is 0 Å². The van der Waals surface area contributed by atoms with E-state index in [1.54, 1.807) is 7.05 Å². The van der Waals surface area contributed by atoms with Crippen molar-refractivity contribution in [2.45, 2.75) is 18.9 Å². The molecule has 0 spiro atoms. The van der Waals surface area contributed by atoms with Crippen LogP contribution in [0.2, 0.25) is 0 Å². The van der Waals surface area contributed by atoms with Gasteiger partial charge in [0, 0.05) is 19.0 Å². The van der Waals surface area contributed by atoms with Crippen LogP contribution in [0.25, 0.3) is 0 Å². The number of hydrogen-bond acceptors (Lipinski definition) is 5. The molecule has 7 heteroatoms. The number of aromatic carboxylic acids is 1. The maximum Gasteiger partial charge on any atom is 0.355 e. The van der Waals surface area contributed by atoms with Gasteiger partial charge in [-0.2, -0.15) is 0 Å². The van der Waals surface area contributed by atoms with Crippen LogP contribution < -0.4 is 0 Å². The molecule has 0 radical (unpaired) electrons. The summed E-state index contributed by atoms with van der Waals surface area (Å²) in [6.45, 7) is 0.567. The summed E-state index contributed by atoms with van der Waals surface area (Å²) >= 11 is 1.04. The van der Waals surface area contributed by atoms with E-state index >= 15 is 0 Å². The predicted octanol–water partition coefficient (Wildman–Crippen LogP) is 0.684. The number of aliphatic hydroxyl groups excluding tert-OH is 1. The van der Waals surface area contributed by atoms with Gasteiger partial charge in [-0.3, -0.25) is 4.79 Å². The first kappa shape index (κ1) is 13.0. The van der Waals surface area contributed by atoms with Gasteiger partial charge < -0.3 is 15.1 Å². The van der Waals surface area contributed by atoms with E-state index in [4.69, 9.17) is 5.11 Å². The molecule has 2 rings (SSSR count). The Bertz CT molecular complexity index is 467. The number of aliphatic hydroxyl groups is 1. The highest BCUT2D eigenvalue weighted by Crippen LogP contribution is 2.28. The van der Waals surface area contributed by atoms with Gasteiger partial charge in [-0.05, 0) is 18.8 Å². The lowest BCUT2D eigenvalue weighted by Crippen LogP contribution is -2.39. The third kappa shape index (κ3) is 2.68. The highest BCUT2D eigenvalue weighted by Gasteiger charge is 2.30. The molecule has 98 valence electrons. The largest absolute Gasteiger partial charge is 0.476 e. The van der Waals surface area contributed by atoms with Crippen LogP contribution in [-0.2, 0) is 0 Å². The quantitative estimate of drug-likeness (QED) is 0.839. The van der Waals surface area contributed by atoms with E-state index in [-0.39, 0.29) is 22.7 Å². The minimum absolute atomic E-state index is 0.101. The summed E-state index contributed by atoms with van der Waals surface area (Å²) in [6.07, 6.45) is 1.20. The molecule has 0 saturated heterocycles. The number of carbonyl (C=O) groups excluding carboxylic acids is 1. The zero-order valence-electron chi connectivity index (χ0n) is 9.87. The van der Waals surface area contributed by atoms with Crippen LogP contribution in [0.1, 0.15) is 33.1 Å². The Balaban J connectivity index is 1.94. The highest BCUT2D eigenvalue weighted by molar-refractivity contribution is 7.11. The average molecular weight is 270 g/mol. The summed E-state index contributed by atoms with van der Waals surface area (Å²) in [5.74, 6) is -1.07. The Morgan fingerprint density at radius 1 is 1.56 bits per heavy atom. The number of carboxylic acids is 1. The van der Waals surface area contributed by atoms with Crippen molar-refractivity contribution in [2.24, 2.45) is 5.92 Å². The fourth-order valence-electron chi connectivity index (χ4n) is 1.95. The third-order valence-electron chi connectivity index (χ3n) is 3.00. The van der Waals surface area contributed by atoms with Crippen molar-refractivity contribution in [3.8, 4) is 0 Å². The van der Waals surface area contributed by atoms with Crippen LogP contribution in [0.3, 0.4) is 0 Å². The molecule has 1 saturated carbocycles. The number of amides is 1. The fraction of sp³-hybridized carbons (Fsp3) is 0.545. The molecule has 2 N–H and O–H groups in total. The molecule has 1 aliphatic carbocycles. The molecule has 1 aromatic heterocycles. The lowest BCUT2D eigenvalue weighted by molar-refractivity contribution is 0.0265. The Morgan fingerprint density at radius 2 is 2.22 bits per heavy atom. The first-order chi connectivity index (χ1) is 8.47. The van der Waals surface area contributed by atoms with Gasteiger partial charge in [0.2, 0.25) is 0 Å². The Hall–Kier alpha value is -1.47. The van der Waals surface area contributed by atoms with Gasteiger partial charge in [-0.1, -0.05) is 0 Å². The number of thiazole rings is 1. The lowest BCUT2D eigenvalue weighted by atomic mass is 9.82. The molecule has 1 amide bonds. The van der Waals surface area contributed by atoms with E-state index in [9.17, 15) is 14.7 Å². The van der Waals surface area contributed by atoms with Gasteiger partial charge in [0.25, 0.3) is 5.91 Å². The molecule has 0 aromatic carbocycles. The normalized spacial score (nSPS) is 22.3. The molecule has 1 aliphatic rings. The summed E-state index contributed by atoms with van der Waals surface area (Å²) in [4.78, 5) is 27.9. The standard InChI is InChI=1S/C11H14N2O4S/c1-13(4-6-2-7(14)3-6)10(15)9-12-8(5-18-9)11(16)17/h5-7,14H,2-4H2,1H3,(H,16,17). The second-order valence-corrected chi connectivity index (χ2v) is 5.38. The van der Waals surface area contributed by atoms with Crippen molar-refractivity contribution >= 4 is 23.2 Å². The van der Waals surface area contributed by atoms with Crippen LogP contribution in [-0.4, -0.2) is 51.7 Å². The van der Waals surface area contributed by atoms with Gasteiger partial charge in [-0.15, -0.1) is 11.3 Å². The van der Waals surface area contributed by atoms with Gasteiger partial charge in [0.15, 0.2) is 10.7 Å². The number of aromatic nitrogens is 1. The zero-order chi connectivity index (χ0) is 13.3. The SMILES string of the molecule is CN(CC1CC(O)C1)C(=O)c1nc(C(=O)O)cs1. The maximum atomic E-state index is 12.0. The fourth-order valence-corrected chi connectivity index (χ4v) is 2.74. The monoisotopic (exact) mass is 270 g/mol. The van der Waals surface area contributed by atoms with Gasteiger partial charge in [0.1, 0.15) is 0 Å². The van der Waals surface area contributed by atoms with E-state index in [0.717, 1.165) is 24.2 Å². The molecule has 18 heavy (non-hydrogen) atoms. The first-order valence-corrected chi connectivity index (χ1v) is 6.47. The minimum Gasteiger partial charge on any atom is -0.476 e. The molecule has 0 bridgehead atoms. The summed E-state index contributed by atoms with van der Waals surface area (Å²) in [6, 6.07) is 0. The maximum absolute atomic E-state index is 12.0. The van der Waals surface area contributed by atoms with Crippen LogP contribution >= 0.6 is 11.3 Å².